The van der Waals surface area contributed by atoms with Crippen LogP contribution >= 0.6 is 0 Å². The summed E-state index contributed by atoms with van der Waals surface area (Å²) >= 11 is 0. The Hall–Kier alpha value is -1.81. The molecule has 4 heteroatoms. The summed E-state index contributed by atoms with van der Waals surface area (Å²) in [5, 5.41) is 10.9. The Labute approximate surface area is 126 Å². The number of anilines is 1. The van der Waals surface area contributed by atoms with Crippen molar-refractivity contribution in [1.82, 2.24) is 15.5 Å². The molecule has 0 spiro atoms. The molecular formula is C17H24N4. The molecule has 1 atom stereocenters. The number of hydrogen-bond acceptors (Lipinski definition) is 3. The minimum absolute atomic E-state index is 0.734. The van der Waals surface area contributed by atoms with E-state index in [-0.39, 0.29) is 0 Å². The predicted octanol–water partition coefficient (Wildman–Crippen LogP) is 2.64. The van der Waals surface area contributed by atoms with Crippen molar-refractivity contribution in [1.29, 1.82) is 0 Å². The second kappa shape index (κ2) is 6.31. The number of para-hydroxylation sites is 1. The smallest absolute Gasteiger partial charge is 0.0638 e. The van der Waals surface area contributed by atoms with Gasteiger partial charge in [-0.2, -0.15) is 5.10 Å². The molecule has 1 aromatic heterocycles. The van der Waals surface area contributed by atoms with Crippen LogP contribution in [0.2, 0.25) is 0 Å². The Kier molecular flexibility index (Phi) is 4.25. The van der Waals surface area contributed by atoms with Gasteiger partial charge in [0.15, 0.2) is 0 Å². The normalized spacial score (nSPS) is 18.4. The van der Waals surface area contributed by atoms with Crippen LogP contribution in [-0.2, 0) is 6.54 Å². The number of aromatic nitrogens is 2. The van der Waals surface area contributed by atoms with Gasteiger partial charge in [0, 0.05) is 43.1 Å². The third-order valence-corrected chi connectivity index (χ3v) is 4.42. The van der Waals surface area contributed by atoms with Crippen LogP contribution < -0.4 is 10.2 Å². The number of benzene rings is 1. The van der Waals surface area contributed by atoms with Crippen LogP contribution in [0.25, 0.3) is 0 Å². The highest BCUT2D eigenvalue weighted by Gasteiger charge is 2.22. The lowest BCUT2D eigenvalue weighted by Gasteiger charge is -2.18. The summed E-state index contributed by atoms with van der Waals surface area (Å²) in [6.07, 6.45) is 1.27. The third-order valence-electron chi connectivity index (χ3n) is 4.42. The molecule has 3 rings (SSSR count). The Morgan fingerprint density at radius 1 is 1.29 bits per heavy atom. The first-order valence-electron chi connectivity index (χ1n) is 7.75. The molecule has 21 heavy (non-hydrogen) atoms. The molecule has 2 aromatic rings. The molecule has 1 aliphatic heterocycles. The second-order valence-electron chi connectivity index (χ2n) is 5.98. The first kappa shape index (κ1) is 14.1. The molecule has 0 bridgehead atoms. The van der Waals surface area contributed by atoms with E-state index in [1.807, 2.05) is 0 Å². The molecule has 2 N–H and O–H groups in total. The molecule has 1 aromatic carbocycles. The van der Waals surface area contributed by atoms with E-state index in [4.69, 9.17) is 0 Å². The fourth-order valence-corrected chi connectivity index (χ4v) is 3.11. The second-order valence-corrected chi connectivity index (χ2v) is 5.98. The molecule has 0 unspecified atom stereocenters. The van der Waals surface area contributed by atoms with Crippen molar-refractivity contribution in [3.05, 3.63) is 47.3 Å². The third kappa shape index (κ3) is 3.27. The molecule has 0 radical (unpaired) electrons. The van der Waals surface area contributed by atoms with Crippen molar-refractivity contribution in [2.45, 2.75) is 26.8 Å². The summed E-state index contributed by atoms with van der Waals surface area (Å²) < 4.78 is 0. The van der Waals surface area contributed by atoms with Crippen molar-refractivity contribution in [2.75, 3.05) is 24.5 Å². The van der Waals surface area contributed by atoms with E-state index < -0.39 is 0 Å². The first-order valence-corrected chi connectivity index (χ1v) is 7.75. The topological polar surface area (TPSA) is 44.0 Å². The molecule has 1 aliphatic rings. The summed E-state index contributed by atoms with van der Waals surface area (Å²) in [5.74, 6) is 0.734. The molecule has 1 fully saturated rings. The highest BCUT2D eigenvalue weighted by molar-refractivity contribution is 5.46. The Morgan fingerprint density at radius 3 is 2.81 bits per heavy atom. The number of H-pyrrole nitrogens is 1. The van der Waals surface area contributed by atoms with Gasteiger partial charge in [-0.25, -0.2) is 0 Å². The lowest BCUT2D eigenvalue weighted by molar-refractivity contribution is 0.515. The maximum absolute atomic E-state index is 4.25. The number of nitrogens with zero attached hydrogens (tertiary/aromatic N) is 2. The van der Waals surface area contributed by atoms with E-state index in [1.165, 1.54) is 29.9 Å². The van der Waals surface area contributed by atoms with E-state index in [0.717, 1.165) is 31.2 Å². The van der Waals surface area contributed by atoms with Gasteiger partial charge < -0.3 is 10.2 Å². The molecule has 4 nitrogen and oxygen atoms in total. The molecule has 1 saturated heterocycles. The van der Waals surface area contributed by atoms with Gasteiger partial charge in [-0.15, -0.1) is 0 Å². The first-order chi connectivity index (χ1) is 10.2. The Morgan fingerprint density at radius 2 is 2.10 bits per heavy atom. The molecule has 112 valence electrons. The highest BCUT2D eigenvalue weighted by Crippen LogP contribution is 2.23. The van der Waals surface area contributed by atoms with Crippen molar-refractivity contribution in [3.8, 4) is 0 Å². The summed E-state index contributed by atoms with van der Waals surface area (Å²) in [6, 6.07) is 10.7. The van der Waals surface area contributed by atoms with Crippen LogP contribution in [0.15, 0.2) is 30.3 Å². The fourth-order valence-electron chi connectivity index (χ4n) is 3.11. The van der Waals surface area contributed by atoms with E-state index in [0.29, 0.717) is 0 Å². The lowest BCUT2D eigenvalue weighted by atomic mass is 10.1. The summed E-state index contributed by atoms with van der Waals surface area (Å²) in [7, 11) is 0. The Balaban J connectivity index is 1.47. The molecule has 0 aliphatic carbocycles. The summed E-state index contributed by atoms with van der Waals surface area (Å²) in [4.78, 5) is 2.49. The lowest BCUT2D eigenvalue weighted by Crippen LogP contribution is -2.26. The van der Waals surface area contributed by atoms with E-state index in [9.17, 15) is 0 Å². The molecular weight excluding hydrogens is 260 g/mol. The zero-order valence-electron chi connectivity index (χ0n) is 12.9. The van der Waals surface area contributed by atoms with Gasteiger partial charge in [-0.1, -0.05) is 18.2 Å². The number of nitrogens with one attached hydrogen (secondary N) is 2. The molecule has 0 amide bonds. The monoisotopic (exact) mass is 284 g/mol. The quantitative estimate of drug-likeness (QED) is 0.887. The van der Waals surface area contributed by atoms with E-state index in [2.05, 4.69) is 64.6 Å². The minimum Gasteiger partial charge on any atom is -0.371 e. The maximum atomic E-state index is 4.25. The van der Waals surface area contributed by atoms with Crippen LogP contribution in [0.5, 0.6) is 0 Å². The van der Waals surface area contributed by atoms with Crippen LogP contribution in [0.4, 0.5) is 5.69 Å². The van der Waals surface area contributed by atoms with Crippen molar-refractivity contribution in [3.63, 3.8) is 0 Å². The molecule has 2 heterocycles. The zero-order valence-corrected chi connectivity index (χ0v) is 12.9. The number of hydrogen-bond donors (Lipinski definition) is 2. The maximum Gasteiger partial charge on any atom is 0.0638 e. The van der Waals surface area contributed by atoms with Crippen LogP contribution in [0, 0.1) is 19.8 Å². The Bertz CT molecular complexity index is 556. The predicted molar refractivity (Wildman–Crippen MR) is 86.5 cm³/mol. The van der Waals surface area contributed by atoms with Gasteiger partial charge in [0.05, 0.1) is 5.69 Å². The van der Waals surface area contributed by atoms with Crippen molar-refractivity contribution >= 4 is 5.69 Å². The highest BCUT2D eigenvalue weighted by atomic mass is 15.2. The van der Waals surface area contributed by atoms with Gasteiger partial charge in [0.1, 0.15) is 0 Å². The van der Waals surface area contributed by atoms with E-state index >= 15 is 0 Å². The summed E-state index contributed by atoms with van der Waals surface area (Å²) in [5.41, 5.74) is 4.95. The molecule has 0 saturated carbocycles. The van der Waals surface area contributed by atoms with Crippen LogP contribution in [-0.4, -0.2) is 29.8 Å². The van der Waals surface area contributed by atoms with Gasteiger partial charge in [-0.05, 0) is 38.3 Å². The SMILES string of the molecule is Cc1n[nH]c(C)c1CNC[C@H]1CCN(c2ccccc2)C1. The number of aryl methyl sites for hydroxylation is 2. The van der Waals surface area contributed by atoms with Gasteiger partial charge >= 0.3 is 0 Å². The summed E-state index contributed by atoms with van der Waals surface area (Å²) in [6.45, 7) is 8.46. The van der Waals surface area contributed by atoms with Gasteiger partial charge in [0.2, 0.25) is 0 Å². The average Bonchev–Trinajstić information content (AvgIpc) is 3.10. The largest absolute Gasteiger partial charge is 0.371 e. The zero-order chi connectivity index (χ0) is 14.7. The van der Waals surface area contributed by atoms with Gasteiger partial charge in [0.25, 0.3) is 0 Å². The number of rotatable bonds is 5. The van der Waals surface area contributed by atoms with E-state index in [1.54, 1.807) is 0 Å². The fraction of sp³-hybridized carbons (Fsp3) is 0.471. The van der Waals surface area contributed by atoms with Crippen molar-refractivity contribution < 1.29 is 0 Å². The number of aromatic amines is 1. The van der Waals surface area contributed by atoms with Gasteiger partial charge in [-0.3, -0.25) is 5.10 Å². The van der Waals surface area contributed by atoms with Crippen LogP contribution in [0.1, 0.15) is 23.4 Å². The average molecular weight is 284 g/mol. The standard InChI is InChI=1S/C17H24N4/c1-13-17(14(2)20-19-13)11-18-10-15-8-9-21(12-15)16-6-4-3-5-7-16/h3-7,15,18H,8-12H2,1-2H3,(H,19,20)/t15-/m1/s1. The van der Waals surface area contributed by atoms with Crippen molar-refractivity contribution in [2.24, 2.45) is 5.92 Å². The van der Waals surface area contributed by atoms with Crippen LogP contribution in [0.3, 0.4) is 0 Å². The minimum atomic E-state index is 0.734.